The topological polar surface area (TPSA) is 12.0 Å². The van der Waals surface area contributed by atoms with Crippen LogP contribution in [0, 0.1) is 12.7 Å². The summed E-state index contributed by atoms with van der Waals surface area (Å²) >= 11 is 0. The van der Waals surface area contributed by atoms with Gasteiger partial charge in [0.1, 0.15) is 5.82 Å². The third-order valence-electron chi connectivity index (χ3n) is 2.26. The molecule has 0 atom stereocenters. The van der Waals surface area contributed by atoms with Gasteiger partial charge in [-0.1, -0.05) is 24.3 Å². The minimum atomic E-state index is -0.147. The first kappa shape index (κ1) is 12.9. The molecule has 1 rings (SSSR count). The van der Waals surface area contributed by atoms with Gasteiger partial charge in [-0.25, -0.2) is 4.39 Å². The minimum Gasteiger partial charge on any atom is -0.309 e. The second-order valence-electron chi connectivity index (χ2n) is 5.04. The number of hydrogen-bond donors (Lipinski definition) is 1. The zero-order valence-electron chi connectivity index (χ0n) is 10.5. The minimum absolute atomic E-state index is 0.114. The van der Waals surface area contributed by atoms with E-state index in [9.17, 15) is 4.39 Å². The maximum Gasteiger partial charge on any atom is 0.126 e. The summed E-state index contributed by atoms with van der Waals surface area (Å²) in [5.74, 6) is -0.147. The van der Waals surface area contributed by atoms with Crippen LogP contribution >= 0.6 is 0 Å². The smallest absolute Gasteiger partial charge is 0.126 e. The van der Waals surface area contributed by atoms with Crippen LogP contribution < -0.4 is 5.32 Å². The van der Waals surface area contributed by atoms with E-state index in [1.807, 2.05) is 18.2 Å². The summed E-state index contributed by atoms with van der Waals surface area (Å²) in [6.07, 6.45) is 3.94. The molecule has 0 spiro atoms. The molecule has 1 N–H and O–H groups in total. The second kappa shape index (κ2) is 5.26. The number of benzene rings is 1. The Morgan fingerprint density at radius 3 is 2.56 bits per heavy atom. The molecule has 2 heteroatoms. The molecule has 0 radical (unpaired) electrons. The fourth-order valence-corrected chi connectivity index (χ4v) is 1.27. The molecule has 16 heavy (non-hydrogen) atoms. The van der Waals surface area contributed by atoms with E-state index in [1.54, 1.807) is 19.1 Å². The first-order valence-electron chi connectivity index (χ1n) is 5.56. The number of hydrogen-bond acceptors (Lipinski definition) is 1. The largest absolute Gasteiger partial charge is 0.309 e. The Kier molecular flexibility index (Phi) is 4.25. The lowest BCUT2D eigenvalue weighted by molar-refractivity contribution is 0.450. The molecule has 88 valence electrons. The highest BCUT2D eigenvalue weighted by Gasteiger charge is 2.05. The fourth-order valence-electron chi connectivity index (χ4n) is 1.27. The van der Waals surface area contributed by atoms with Gasteiger partial charge in [0.15, 0.2) is 0 Å². The van der Waals surface area contributed by atoms with Gasteiger partial charge in [-0.2, -0.15) is 0 Å². The van der Waals surface area contributed by atoms with Gasteiger partial charge in [-0.05, 0) is 44.9 Å². The third-order valence-corrected chi connectivity index (χ3v) is 2.26. The Bertz CT molecular complexity index is 375. The van der Waals surface area contributed by atoms with E-state index in [-0.39, 0.29) is 11.4 Å². The molecule has 0 aliphatic rings. The van der Waals surface area contributed by atoms with Crippen LogP contribution in [0.3, 0.4) is 0 Å². The van der Waals surface area contributed by atoms with Crippen LogP contribution in [-0.2, 0) is 0 Å². The maximum atomic E-state index is 13.2. The van der Waals surface area contributed by atoms with Crippen molar-refractivity contribution in [1.29, 1.82) is 0 Å². The summed E-state index contributed by atoms with van der Waals surface area (Å²) in [4.78, 5) is 0. The van der Waals surface area contributed by atoms with Gasteiger partial charge in [-0.15, -0.1) is 0 Å². The van der Waals surface area contributed by atoms with Crippen molar-refractivity contribution in [1.82, 2.24) is 5.32 Å². The van der Waals surface area contributed by atoms with Crippen LogP contribution in [0.25, 0.3) is 6.08 Å². The lowest BCUT2D eigenvalue weighted by atomic mass is 10.1. The van der Waals surface area contributed by atoms with E-state index >= 15 is 0 Å². The Balaban J connectivity index is 2.53. The average Bonchev–Trinajstić information content (AvgIpc) is 2.17. The third kappa shape index (κ3) is 4.58. The van der Waals surface area contributed by atoms with Crippen molar-refractivity contribution in [2.24, 2.45) is 0 Å². The zero-order valence-corrected chi connectivity index (χ0v) is 10.5. The fraction of sp³-hybridized carbons (Fsp3) is 0.429. The van der Waals surface area contributed by atoms with Crippen LogP contribution in [0.15, 0.2) is 24.3 Å². The van der Waals surface area contributed by atoms with Crippen LogP contribution in [-0.4, -0.2) is 12.1 Å². The van der Waals surface area contributed by atoms with Crippen molar-refractivity contribution < 1.29 is 4.39 Å². The molecular formula is C14H20FN. The zero-order chi connectivity index (χ0) is 12.2. The van der Waals surface area contributed by atoms with Gasteiger partial charge >= 0.3 is 0 Å². The molecule has 0 aliphatic heterocycles. The highest BCUT2D eigenvalue weighted by atomic mass is 19.1. The second-order valence-corrected chi connectivity index (χ2v) is 5.04. The molecule has 0 unspecified atom stereocenters. The molecule has 1 aromatic rings. The normalized spacial score (nSPS) is 12.3. The van der Waals surface area contributed by atoms with Crippen molar-refractivity contribution in [2.45, 2.75) is 33.2 Å². The predicted molar refractivity (Wildman–Crippen MR) is 67.9 cm³/mol. The number of aryl methyl sites for hydroxylation is 1. The van der Waals surface area contributed by atoms with Crippen molar-refractivity contribution in [3.63, 3.8) is 0 Å². The maximum absolute atomic E-state index is 13.2. The van der Waals surface area contributed by atoms with Crippen molar-refractivity contribution in [3.05, 3.63) is 41.2 Å². The number of nitrogens with one attached hydrogen (secondary N) is 1. The molecule has 0 bridgehead atoms. The van der Waals surface area contributed by atoms with E-state index in [4.69, 9.17) is 0 Å². The molecular weight excluding hydrogens is 201 g/mol. The molecule has 0 saturated heterocycles. The predicted octanol–water partition coefficient (Wildman–Crippen LogP) is 3.54. The molecule has 0 amide bonds. The molecule has 0 heterocycles. The first-order valence-corrected chi connectivity index (χ1v) is 5.56. The standard InChI is InChI=1S/C14H20FN/c1-11-7-8-12(10-13(11)15)6-5-9-16-14(2,3)4/h5-8,10,16H,9H2,1-4H3. The SMILES string of the molecule is Cc1ccc(C=CCNC(C)(C)C)cc1F. The highest BCUT2D eigenvalue weighted by molar-refractivity contribution is 5.50. The van der Waals surface area contributed by atoms with Crippen molar-refractivity contribution in [3.8, 4) is 0 Å². The van der Waals surface area contributed by atoms with Gasteiger partial charge in [0, 0.05) is 12.1 Å². The van der Waals surface area contributed by atoms with E-state index in [0.29, 0.717) is 5.56 Å². The van der Waals surface area contributed by atoms with E-state index in [1.165, 1.54) is 0 Å². The van der Waals surface area contributed by atoms with Gasteiger partial charge < -0.3 is 5.32 Å². The summed E-state index contributed by atoms with van der Waals surface area (Å²) in [5.41, 5.74) is 1.70. The molecule has 1 aromatic carbocycles. The number of rotatable bonds is 3. The van der Waals surface area contributed by atoms with Gasteiger partial charge in [0.2, 0.25) is 0 Å². The average molecular weight is 221 g/mol. The summed E-state index contributed by atoms with van der Waals surface area (Å²) < 4.78 is 13.2. The Morgan fingerprint density at radius 1 is 1.31 bits per heavy atom. The monoisotopic (exact) mass is 221 g/mol. The molecule has 0 aromatic heterocycles. The molecule has 0 aliphatic carbocycles. The van der Waals surface area contributed by atoms with Crippen LogP contribution in [0.2, 0.25) is 0 Å². The lowest BCUT2D eigenvalue weighted by Gasteiger charge is -2.18. The van der Waals surface area contributed by atoms with Gasteiger partial charge in [0.25, 0.3) is 0 Å². The Morgan fingerprint density at radius 2 is 2.00 bits per heavy atom. The summed E-state index contributed by atoms with van der Waals surface area (Å²) in [6, 6.07) is 5.28. The number of halogens is 1. The lowest BCUT2D eigenvalue weighted by Crippen LogP contribution is -2.35. The van der Waals surface area contributed by atoms with Crippen LogP contribution in [0.1, 0.15) is 31.9 Å². The van der Waals surface area contributed by atoms with Crippen molar-refractivity contribution in [2.75, 3.05) is 6.54 Å². The molecule has 0 saturated carbocycles. The van der Waals surface area contributed by atoms with Crippen LogP contribution in [0.4, 0.5) is 4.39 Å². The first-order chi connectivity index (χ1) is 7.38. The van der Waals surface area contributed by atoms with Gasteiger partial charge in [0.05, 0.1) is 0 Å². The molecule has 1 nitrogen and oxygen atoms in total. The summed E-state index contributed by atoms with van der Waals surface area (Å²) in [5, 5.41) is 3.34. The van der Waals surface area contributed by atoms with Crippen LogP contribution in [0.5, 0.6) is 0 Å². The Labute approximate surface area is 97.4 Å². The van der Waals surface area contributed by atoms with E-state index < -0.39 is 0 Å². The van der Waals surface area contributed by atoms with E-state index in [2.05, 4.69) is 26.1 Å². The van der Waals surface area contributed by atoms with Crippen molar-refractivity contribution >= 4 is 6.08 Å². The summed E-state index contributed by atoms with van der Waals surface area (Å²) in [7, 11) is 0. The highest BCUT2D eigenvalue weighted by Crippen LogP contribution is 2.10. The molecule has 0 fully saturated rings. The quantitative estimate of drug-likeness (QED) is 0.823. The van der Waals surface area contributed by atoms with Gasteiger partial charge in [-0.3, -0.25) is 0 Å². The van der Waals surface area contributed by atoms with E-state index in [0.717, 1.165) is 12.1 Å². The summed E-state index contributed by atoms with van der Waals surface area (Å²) in [6.45, 7) is 8.91. The Hall–Kier alpha value is -1.15.